The zero-order valence-electron chi connectivity index (χ0n) is 9.20. The molecule has 2 aromatic rings. The fraction of sp³-hybridized carbons (Fsp3) is 0.200. The first kappa shape index (κ1) is 11.1. The van der Waals surface area contributed by atoms with Crippen LogP contribution in [0.15, 0.2) is 30.6 Å². The van der Waals surface area contributed by atoms with E-state index in [1.54, 1.807) is 19.4 Å². The zero-order valence-corrected chi connectivity index (χ0v) is 9.20. The Morgan fingerprint density at radius 3 is 3.00 bits per heavy atom. The van der Waals surface area contributed by atoms with Crippen molar-refractivity contribution in [2.75, 3.05) is 12.4 Å². The van der Waals surface area contributed by atoms with Crippen molar-refractivity contribution in [3.8, 4) is 0 Å². The van der Waals surface area contributed by atoms with Crippen molar-refractivity contribution in [2.24, 2.45) is 0 Å². The molecule has 0 aliphatic heterocycles. The summed E-state index contributed by atoms with van der Waals surface area (Å²) >= 11 is 0. The molecule has 0 aromatic carbocycles. The maximum absolute atomic E-state index is 10.5. The van der Waals surface area contributed by atoms with Crippen molar-refractivity contribution < 1.29 is 4.92 Å². The molecule has 0 fully saturated rings. The van der Waals surface area contributed by atoms with Crippen molar-refractivity contribution in [3.63, 3.8) is 0 Å². The SMILES string of the molecule is CNc1ncccc1Cn1ccc([N+](=O)[O-])n1. The molecule has 1 N–H and O–H groups in total. The number of rotatable bonds is 4. The van der Waals surface area contributed by atoms with Crippen LogP contribution in [-0.2, 0) is 6.54 Å². The molecular weight excluding hydrogens is 222 g/mol. The van der Waals surface area contributed by atoms with Gasteiger partial charge in [0.2, 0.25) is 0 Å². The van der Waals surface area contributed by atoms with E-state index in [4.69, 9.17) is 0 Å². The van der Waals surface area contributed by atoms with E-state index in [0.717, 1.165) is 11.4 Å². The Balaban J connectivity index is 2.22. The fourth-order valence-corrected chi connectivity index (χ4v) is 1.50. The maximum Gasteiger partial charge on any atom is 0.389 e. The normalized spacial score (nSPS) is 10.2. The highest BCUT2D eigenvalue weighted by molar-refractivity contribution is 5.43. The minimum Gasteiger partial charge on any atom is -0.373 e. The minimum atomic E-state index is -0.515. The number of hydrogen-bond acceptors (Lipinski definition) is 5. The molecule has 0 radical (unpaired) electrons. The van der Waals surface area contributed by atoms with Gasteiger partial charge in [-0.05, 0) is 11.0 Å². The Hall–Kier alpha value is -2.44. The van der Waals surface area contributed by atoms with Crippen molar-refractivity contribution in [1.29, 1.82) is 0 Å². The highest BCUT2D eigenvalue weighted by Gasteiger charge is 2.12. The molecule has 0 amide bonds. The van der Waals surface area contributed by atoms with E-state index in [-0.39, 0.29) is 5.82 Å². The quantitative estimate of drug-likeness (QED) is 0.635. The molecule has 7 heteroatoms. The molecule has 2 rings (SSSR count). The lowest BCUT2D eigenvalue weighted by atomic mass is 10.2. The molecular formula is C10H11N5O2. The van der Waals surface area contributed by atoms with E-state index >= 15 is 0 Å². The summed E-state index contributed by atoms with van der Waals surface area (Å²) in [5.41, 5.74) is 0.924. The number of pyridine rings is 1. The lowest BCUT2D eigenvalue weighted by Crippen LogP contribution is -2.05. The van der Waals surface area contributed by atoms with E-state index in [1.165, 1.54) is 10.7 Å². The second-order valence-electron chi connectivity index (χ2n) is 3.39. The van der Waals surface area contributed by atoms with Crippen LogP contribution in [0.5, 0.6) is 0 Å². The van der Waals surface area contributed by atoms with Crippen LogP contribution < -0.4 is 5.32 Å². The Morgan fingerprint density at radius 2 is 2.35 bits per heavy atom. The summed E-state index contributed by atoms with van der Waals surface area (Å²) in [7, 11) is 1.78. The van der Waals surface area contributed by atoms with Gasteiger partial charge in [-0.3, -0.25) is 0 Å². The molecule has 17 heavy (non-hydrogen) atoms. The van der Waals surface area contributed by atoms with Gasteiger partial charge in [-0.2, -0.15) is 4.68 Å². The van der Waals surface area contributed by atoms with Crippen LogP contribution in [0.2, 0.25) is 0 Å². The third-order valence-corrected chi connectivity index (χ3v) is 2.27. The van der Waals surface area contributed by atoms with Crippen molar-refractivity contribution >= 4 is 11.6 Å². The van der Waals surface area contributed by atoms with Gasteiger partial charge < -0.3 is 15.4 Å². The average Bonchev–Trinajstić information content (AvgIpc) is 2.78. The molecule has 88 valence electrons. The third-order valence-electron chi connectivity index (χ3n) is 2.27. The standard InChI is InChI=1S/C10H11N5O2/c1-11-10-8(3-2-5-12-10)7-14-6-4-9(13-14)15(16)17/h2-6H,7H2,1H3,(H,11,12). The summed E-state index contributed by atoms with van der Waals surface area (Å²) in [6.45, 7) is 0.442. The van der Waals surface area contributed by atoms with E-state index in [9.17, 15) is 10.1 Å². The summed E-state index contributed by atoms with van der Waals surface area (Å²) < 4.78 is 1.51. The molecule has 0 atom stereocenters. The molecule has 0 spiro atoms. The number of nitrogens with zero attached hydrogens (tertiary/aromatic N) is 4. The van der Waals surface area contributed by atoms with E-state index < -0.39 is 4.92 Å². The first-order chi connectivity index (χ1) is 8.20. The van der Waals surface area contributed by atoms with Gasteiger partial charge in [-0.15, -0.1) is 0 Å². The molecule has 2 aromatic heterocycles. The fourth-order valence-electron chi connectivity index (χ4n) is 1.50. The molecule has 7 nitrogen and oxygen atoms in total. The Kier molecular flexibility index (Phi) is 2.99. The molecule has 0 saturated carbocycles. The van der Waals surface area contributed by atoms with Gasteiger partial charge in [0.25, 0.3) is 0 Å². The van der Waals surface area contributed by atoms with E-state index in [1.807, 2.05) is 12.1 Å². The number of hydrogen-bond donors (Lipinski definition) is 1. The van der Waals surface area contributed by atoms with E-state index in [2.05, 4.69) is 15.4 Å². The van der Waals surface area contributed by atoms with Crippen LogP contribution in [0.3, 0.4) is 0 Å². The zero-order chi connectivity index (χ0) is 12.3. The van der Waals surface area contributed by atoms with Gasteiger partial charge in [-0.1, -0.05) is 6.07 Å². The number of nitro groups is 1. The summed E-state index contributed by atoms with van der Waals surface area (Å²) in [6, 6.07) is 5.08. The maximum atomic E-state index is 10.5. The molecule has 2 heterocycles. The van der Waals surface area contributed by atoms with Crippen LogP contribution in [0.1, 0.15) is 5.56 Å². The van der Waals surface area contributed by atoms with Crippen molar-refractivity contribution in [2.45, 2.75) is 6.54 Å². The smallest absolute Gasteiger partial charge is 0.373 e. The van der Waals surface area contributed by atoms with E-state index in [0.29, 0.717) is 6.54 Å². The highest BCUT2D eigenvalue weighted by atomic mass is 16.6. The van der Waals surface area contributed by atoms with Crippen molar-refractivity contribution in [3.05, 3.63) is 46.3 Å². The predicted molar refractivity (Wildman–Crippen MR) is 61.8 cm³/mol. The van der Waals surface area contributed by atoms with Crippen molar-refractivity contribution in [1.82, 2.24) is 14.8 Å². The van der Waals surface area contributed by atoms with Crippen LogP contribution in [0.4, 0.5) is 11.6 Å². The Bertz CT molecular complexity index is 537. The average molecular weight is 233 g/mol. The third kappa shape index (κ3) is 2.39. The van der Waals surface area contributed by atoms with Gasteiger partial charge in [-0.25, -0.2) is 4.98 Å². The first-order valence-electron chi connectivity index (χ1n) is 5.00. The Labute approximate surface area is 97.2 Å². The van der Waals surface area contributed by atoms with Crippen LogP contribution in [0, 0.1) is 10.1 Å². The topological polar surface area (TPSA) is 85.9 Å². The second kappa shape index (κ2) is 4.60. The molecule has 0 bridgehead atoms. The Morgan fingerprint density at radius 1 is 1.53 bits per heavy atom. The lowest BCUT2D eigenvalue weighted by Gasteiger charge is -2.05. The minimum absolute atomic E-state index is 0.153. The van der Waals surface area contributed by atoms with Gasteiger partial charge in [0, 0.05) is 18.8 Å². The highest BCUT2D eigenvalue weighted by Crippen LogP contribution is 2.13. The van der Waals surface area contributed by atoms with Crippen LogP contribution in [0.25, 0.3) is 0 Å². The molecule has 0 unspecified atom stereocenters. The lowest BCUT2D eigenvalue weighted by molar-refractivity contribution is -0.389. The second-order valence-corrected chi connectivity index (χ2v) is 3.39. The first-order valence-corrected chi connectivity index (χ1v) is 5.00. The molecule has 0 saturated heterocycles. The van der Waals surface area contributed by atoms with Gasteiger partial charge in [0.15, 0.2) is 0 Å². The largest absolute Gasteiger partial charge is 0.389 e. The number of anilines is 1. The predicted octanol–water partition coefficient (Wildman–Crippen LogP) is 1.28. The molecule has 0 aliphatic carbocycles. The summed E-state index contributed by atoms with van der Waals surface area (Å²) in [5.74, 6) is 0.588. The monoisotopic (exact) mass is 233 g/mol. The number of nitrogens with one attached hydrogen (secondary N) is 1. The van der Waals surface area contributed by atoms with Crippen LogP contribution in [-0.4, -0.2) is 26.7 Å². The summed E-state index contributed by atoms with van der Waals surface area (Å²) in [4.78, 5) is 14.1. The van der Waals surface area contributed by atoms with Gasteiger partial charge >= 0.3 is 5.82 Å². The summed E-state index contributed by atoms with van der Waals surface area (Å²) in [6.07, 6.45) is 3.26. The van der Waals surface area contributed by atoms with Crippen LogP contribution >= 0.6 is 0 Å². The summed E-state index contributed by atoms with van der Waals surface area (Å²) in [5, 5.41) is 17.3. The molecule has 0 aliphatic rings. The number of aromatic nitrogens is 3. The van der Waals surface area contributed by atoms with Gasteiger partial charge in [0.1, 0.15) is 5.82 Å². The van der Waals surface area contributed by atoms with Gasteiger partial charge in [0.05, 0.1) is 23.9 Å².